The van der Waals surface area contributed by atoms with Crippen molar-refractivity contribution in [1.29, 1.82) is 0 Å². The third kappa shape index (κ3) is 1.48. The molecule has 3 rings (SSSR count). The lowest BCUT2D eigenvalue weighted by Gasteiger charge is -2.40. The van der Waals surface area contributed by atoms with Crippen LogP contribution in [0, 0.1) is 5.41 Å². The summed E-state index contributed by atoms with van der Waals surface area (Å²) < 4.78 is 5.84. The maximum atomic E-state index is 6.10. The number of rotatable bonds is 0. The highest BCUT2D eigenvalue weighted by atomic mass is 35.5. The van der Waals surface area contributed by atoms with Gasteiger partial charge in [-0.1, -0.05) is 24.1 Å². The van der Waals surface area contributed by atoms with Crippen LogP contribution >= 0.6 is 11.6 Å². The van der Waals surface area contributed by atoms with E-state index in [0.29, 0.717) is 10.4 Å². The Morgan fingerprint density at radius 1 is 1.33 bits per heavy atom. The summed E-state index contributed by atoms with van der Waals surface area (Å²) in [5, 5.41) is 4.15. The van der Waals surface area contributed by atoms with Gasteiger partial charge in [-0.05, 0) is 25.0 Å². The lowest BCUT2D eigenvalue weighted by molar-refractivity contribution is 0.0766. The molecule has 2 aliphatic rings. The average Bonchev–Trinajstić information content (AvgIpc) is 2.37. The van der Waals surface area contributed by atoms with E-state index in [4.69, 9.17) is 16.3 Å². The Hall–Kier alpha value is -0.890. The van der Waals surface area contributed by atoms with Gasteiger partial charge in [0.1, 0.15) is 0 Å². The summed E-state index contributed by atoms with van der Waals surface area (Å²) in [6.45, 7) is 1.82. The van der Waals surface area contributed by atoms with Crippen LogP contribution in [0.15, 0.2) is 18.2 Å². The largest absolute Gasteiger partial charge is 0.489 e. The molecule has 3 heteroatoms. The Kier molecular flexibility index (Phi) is 2.06. The topological polar surface area (TPSA) is 21.3 Å². The molecule has 1 fully saturated rings. The molecule has 0 unspecified atom stereocenters. The molecule has 1 saturated carbocycles. The van der Waals surface area contributed by atoms with Crippen LogP contribution < -0.4 is 10.1 Å². The molecule has 80 valence electrons. The molecule has 1 aromatic carbocycles. The molecule has 0 aromatic heterocycles. The van der Waals surface area contributed by atoms with Crippen LogP contribution in [0.1, 0.15) is 19.3 Å². The lowest BCUT2D eigenvalue weighted by Crippen LogP contribution is -2.40. The molecule has 1 aliphatic heterocycles. The average molecular weight is 224 g/mol. The van der Waals surface area contributed by atoms with E-state index >= 15 is 0 Å². The molecular formula is C12H14ClNO. The van der Waals surface area contributed by atoms with E-state index in [-0.39, 0.29) is 0 Å². The van der Waals surface area contributed by atoms with Gasteiger partial charge in [0.05, 0.1) is 17.3 Å². The molecule has 1 heterocycles. The summed E-state index contributed by atoms with van der Waals surface area (Å²) >= 11 is 6.10. The predicted molar refractivity (Wildman–Crippen MR) is 61.7 cm³/mol. The highest BCUT2D eigenvalue weighted by Crippen LogP contribution is 2.45. The zero-order chi connectivity index (χ0) is 10.3. The van der Waals surface area contributed by atoms with Crippen molar-refractivity contribution >= 4 is 17.3 Å². The second-order valence-electron chi connectivity index (χ2n) is 4.61. The number of para-hydroxylation sites is 1. The molecule has 2 nitrogen and oxygen atoms in total. The van der Waals surface area contributed by atoms with E-state index in [1.807, 2.05) is 18.2 Å². The van der Waals surface area contributed by atoms with Gasteiger partial charge < -0.3 is 10.1 Å². The number of benzene rings is 1. The molecule has 15 heavy (non-hydrogen) atoms. The minimum Gasteiger partial charge on any atom is -0.489 e. The first-order valence-electron chi connectivity index (χ1n) is 5.44. The van der Waals surface area contributed by atoms with Crippen molar-refractivity contribution in [2.24, 2.45) is 5.41 Å². The molecule has 0 bridgehead atoms. The normalized spacial score (nSPS) is 21.9. The highest BCUT2D eigenvalue weighted by Gasteiger charge is 2.39. The zero-order valence-electron chi connectivity index (χ0n) is 8.55. The maximum absolute atomic E-state index is 6.10. The molecule has 1 aromatic rings. The minimum atomic E-state index is 0.363. The number of nitrogens with one attached hydrogen (secondary N) is 1. The third-order valence-electron chi connectivity index (χ3n) is 3.56. The van der Waals surface area contributed by atoms with Crippen LogP contribution in [0.25, 0.3) is 0 Å². The molecule has 0 amide bonds. The fourth-order valence-corrected chi connectivity index (χ4v) is 2.58. The molecule has 1 spiro atoms. The quantitative estimate of drug-likeness (QED) is 0.729. The second-order valence-corrected chi connectivity index (χ2v) is 5.02. The second kappa shape index (κ2) is 3.31. The van der Waals surface area contributed by atoms with Gasteiger partial charge in [0.25, 0.3) is 0 Å². The maximum Gasteiger partial charge on any atom is 0.160 e. The third-order valence-corrected chi connectivity index (χ3v) is 3.86. The van der Waals surface area contributed by atoms with Crippen molar-refractivity contribution in [1.82, 2.24) is 0 Å². The van der Waals surface area contributed by atoms with Gasteiger partial charge in [-0.25, -0.2) is 0 Å². The first-order valence-corrected chi connectivity index (χ1v) is 5.82. The van der Waals surface area contributed by atoms with Crippen molar-refractivity contribution in [3.8, 4) is 5.75 Å². The van der Waals surface area contributed by atoms with Crippen LogP contribution in [-0.2, 0) is 0 Å². The number of hydrogen-bond donors (Lipinski definition) is 1. The van der Waals surface area contributed by atoms with Gasteiger partial charge >= 0.3 is 0 Å². The number of halogens is 1. The zero-order valence-corrected chi connectivity index (χ0v) is 9.31. The minimum absolute atomic E-state index is 0.363. The van der Waals surface area contributed by atoms with Crippen molar-refractivity contribution < 1.29 is 4.74 Å². The lowest BCUT2D eigenvalue weighted by atomic mass is 9.69. The van der Waals surface area contributed by atoms with Crippen molar-refractivity contribution in [2.45, 2.75) is 19.3 Å². The van der Waals surface area contributed by atoms with Crippen molar-refractivity contribution in [2.75, 3.05) is 18.5 Å². The molecule has 0 saturated heterocycles. The van der Waals surface area contributed by atoms with Gasteiger partial charge in [0.2, 0.25) is 0 Å². The van der Waals surface area contributed by atoms with Crippen LogP contribution in [0.5, 0.6) is 5.75 Å². The molecule has 1 N–H and O–H groups in total. The van der Waals surface area contributed by atoms with Gasteiger partial charge in [-0.3, -0.25) is 0 Å². The number of anilines is 1. The van der Waals surface area contributed by atoms with Gasteiger partial charge in [-0.15, -0.1) is 0 Å². The Bertz CT molecular complexity index is 387. The van der Waals surface area contributed by atoms with Crippen LogP contribution in [0.4, 0.5) is 5.69 Å². The summed E-state index contributed by atoms with van der Waals surface area (Å²) in [6, 6.07) is 5.86. The van der Waals surface area contributed by atoms with Crippen LogP contribution in [0.3, 0.4) is 0 Å². The monoisotopic (exact) mass is 223 g/mol. The first-order chi connectivity index (χ1) is 7.29. The van der Waals surface area contributed by atoms with Crippen LogP contribution in [-0.4, -0.2) is 13.2 Å². The Morgan fingerprint density at radius 2 is 2.20 bits per heavy atom. The van der Waals surface area contributed by atoms with Gasteiger partial charge in [-0.2, -0.15) is 0 Å². The van der Waals surface area contributed by atoms with Gasteiger partial charge in [0.15, 0.2) is 5.75 Å². The van der Waals surface area contributed by atoms with Crippen molar-refractivity contribution in [3.63, 3.8) is 0 Å². The van der Waals surface area contributed by atoms with E-state index in [9.17, 15) is 0 Å². The SMILES string of the molecule is Clc1cccc2c1OCC1(CCC1)CN2. The van der Waals surface area contributed by atoms with E-state index in [1.165, 1.54) is 19.3 Å². The van der Waals surface area contributed by atoms with Crippen LogP contribution in [0.2, 0.25) is 5.02 Å². The first kappa shape index (κ1) is 9.34. The molecule has 0 atom stereocenters. The predicted octanol–water partition coefficient (Wildman–Crippen LogP) is 3.31. The summed E-state index contributed by atoms with van der Waals surface area (Å²) in [5.41, 5.74) is 1.40. The summed E-state index contributed by atoms with van der Waals surface area (Å²) in [7, 11) is 0. The summed E-state index contributed by atoms with van der Waals surface area (Å²) in [6.07, 6.45) is 3.87. The standard InChI is InChI=1S/C12H14ClNO/c13-9-3-1-4-10-11(9)15-8-12(7-14-10)5-2-6-12/h1,3-4,14H,2,5-8H2. The number of ether oxygens (including phenoxy) is 1. The van der Waals surface area contributed by atoms with E-state index in [2.05, 4.69) is 5.32 Å². The van der Waals surface area contributed by atoms with E-state index in [0.717, 1.165) is 24.6 Å². The number of fused-ring (bicyclic) bond motifs is 1. The molecule has 0 radical (unpaired) electrons. The fourth-order valence-electron chi connectivity index (χ4n) is 2.35. The van der Waals surface area contributed by atoms with Crippen molar-refractivity contribution in [3.05, 3.63) is 23.2 Å². The van der Waals surface area contributed by atoms with E-state index in [1.54, 1.807) is 0 Å². The Labute approximate surface area is 94.6 Å². The smallest absolute Gasteiger partial charge is 0.160 e. The Morgan fingerprint density at radius 3 is 2.93 bits per heavy atom. The van der Waals surface area contributed by atoms with E-state index < -0.39 is 0 Å². The fraction of sp³-hybridized carbons (Fsp3) is 0.500. The summed E-state index contributed by atoms with van der Waals surface area (Å²) in [5.74, 6) is 0.822. The molecule has 1 aliphatic carbocycles. The summed E-state index contributed by atoms with van der Waals surface area (Å²) in [4.78, 5) is 0. The molecular weight excluding hydrogens is 210 g/mol. The Balaban J connectivity index is 1.91. The highest BCUT2D eigenvalue weighted by molar-refractivity contribution is 6.32. The van der Waals surface area contributed by atoms with Gasteiger partial charge in [0, 0.05) is 12.0 Å². The number of hydrogen-bond acceptors (Lipinski definition) is 2.